The molecule has 2 aromatic carbocycles. The number of fused-ring (bicyclic) bond motifs is 3. The third-order valence-corrected chi connectivity index (χ3v) is 6.33. The lowest BCUT2D eigenvalue weighted by Gasteiger charge is -2.01. The minimum absolute atomic E-state index is 0.0643. The van der Waals surface area contributed by atoms with Gasteiger partial charge in [0.15, 0.2) is 0 Å². The van der Waals surface area contributed by atoms with Crippen molar-refractivity contribution in [1.29, 1.82) is 0 Å². The second kappa shape index (κ2) is 3.34. The van der Waals surface area contributed by atoms with Crippen molar-refractivity contribution in [2.24, 2.45) is 0 Å². The van der Waals surface area contributed by atoms with Gasteiger partial charge in [0.05, 0.1) is 0 Å². The Bertz CT molecular complexity index is 541. The summed E-state index contributed by atoms with van der Waals surface area (Å²) in [6, 6.07) is 13.4. The van der Waals surface area contributed by atoms with E-state index in [0.29, 0.717) is 0 Å². The van der Waals surface area contributed by atoms with Gasteiger partial charge in [0.2, 0.25) is 7.14 Å². The second-order valence-electron chi connectivity index (χ2n) is 3.96. The van der Waals surface area contributed by atoms with Gasteiger partial charge >= 0.3 is 21.2 Å². The van der Waals surface area contributed by atoms with E-state index in [4.69, 9.17) is 0 Å². The third kappa shape index (κ3) is 1.33. The van der Waals surface area contributed by atoms with Crippen molar-refractivity contribution < 1.29 is 21.2 Å². The van der Waals surface area contributed by atoms with Crippen molar-refractivity contribution in [3.8, 4) is 11.1 Å². The molecule has 0 saturated heterocycles. The standard InChI is InChI=1S/C14H12I/c1-9-7-8-10(2)14-13(9)11-5-3-4-6-12(11)15-14/h3-8H,1-2H3/q+1. The molecule has 0 N–H and O–H groups in total. The fourth-order valence-corrected chi connectivity index (χ4v) is 5.38. The lowest BCUT2D eigenvalue weighted by atomic mass is 9.99. The van der Waals surface area contributed by atoms with Gasteiger partial charge in [0.1, 0.15) is 0 Å². The molecule has 1 heteroatoms. The summed E-state index contributed by atoms with van der Waals surface area (Å²) in [5, 5.41) is 0. The maximum atomic E-state index is 2.29. The van der Waals surface area contributed by atoms with Crippen molar-refractivity contribution >= 4 is 0 Å². The highest BCUT2D eigenvalue weighted by molar-refractivity contribution is 5.69. The van der Waals surface area contributed by atoms with Crippen LogP contribution in [0, 0.1) is 21.0 Å². The second-order valence-corrected chi connectivity index (χ2v) is 6.74. The van der Waals surface area contributed by atoms with Gasteiger partial charge in [0.25, 0.3) is 0 Å². The van der Waals surface area contributed by atoms with Crippen LogP contribution in [-0.4, -0.2) is 0 Å². The van der Waals surface area contributed by atoms with Gasteiger partial charge in [-0.25, -0.2) is 0 Å². The Balaban J connectivity index is 2.37. The number of halogens is 1. The topological polar surface area (TPSA) is 0 Å². The number of aryl methyl sites for hydroxylation is 2. The smallest absolute Gasteiger partial charge is 0.0613 e. The van der Waals surface area contributed by atoms with Crippen LogP contribution in [0.2, 0.25) is 0 Å². The molecule has 0 bridgehead atoms. The summed E-state index contributed by atoms with van der Waals surface area (Å²) < 4.78 is 3.22. The van der Waals surface area contributed by atoms with E-state index < -0.39 is 0 Å². The van der Waals surface area contributed by atoms with E-state index in [0.717, 1.165) is 0 Å². The zero-order chi connectivity index (χ0) is 10.4. The summed E-state index contributed by atoms with van der Waals surface area (Å²) >= 11 is 0.0643. The highest BCUT2D eigenvalue weighted by atomic mass is 127. The molecule has 0 atom stereocenters. The summed E-state index contributed by atoms with van der Waals surface area (Å²) in [7, 11) is 0. The first kappa shape index (κ1) is 9.40. The van der Waals surface area contributed by atoms with Gasteiger partial charge in [-0.15, -0.1) is 0 Å². The molecule has 0 aliphatic carbocycles. The molecule has 0 amide bonds. The van der Waals surface area contributed by atoms with Crippen LogP contribution in [0.5, 0.6) is 0 Å². The fraction of sp³-hybridized carbons (Fsp3) is 0.143. The lowest BCUT2D eigenvalue weighted by molar-refractivity contribution is -0.590. The van der Waals surface area contributed by atoms with E-state index in [1.807, 2.05) is 0 Å². The predicted octanol–water partition coefficient (Wildman–Crippen LogP) is 0.412. The van der Waals surface area contributed by atoms with Crippen molar-refractivity contribution in [3.05, 3.63) is 54.7 Å². The monoisotopic (exact) mass is 307 g/mol. The van der Waals surface area contributed by atoms with Crippen LogP contribution in [0.4, 0.5) is 0 Å². The molecule has 0 spiro atoms. The van der Waals surface area contributed by atoms with E-state index in [1.165, 1.54) is 22.3 Å². The molecule has 0 nitrogen and oxygen atoms in total. The van der Waals surface area contributed by atoms with Gasteiger partial charge in [0, 0.05) is 16.7 Å². The largest absolute Gasteiger partial charge is 0.359 e. The minimum Gasteiger partial charge on any atom is -0.0613 e. The van der Waals surface area contributed by atoms with E-state index in [2.05, 4.69) is 50.2 Å². The first-order valence-electron chi connectivity index (χ1n) is 5.12. The molecular weight excluding hydrogens is 295 g/mol. The lowest BCUT2D eigenvalue weighted by Crippen LogP contribution is -3.61. The molecule has 15 heavy (non-hydrogen) atoms. The summed E-state index contributed by atoms with van der Waals surface area (Å²) in [4.78, 5) is 0. The SMILES string of the molecule is Cc1ccc(C)c2c1[I+]c1ccccc1-2. The van der Waals surface area contributed by atoms with Crippen LogP contribution in [0.3, 0.4) is 0 Å². The number of rotatable bonds is 0. The van der Waals surface area contributed by atoms with Crippen LogP contribution in [0.15, 0.2) is 36.4 Å². The molecule has 0 radical (unpaired) electrons. The van der Waals surface area contributed by atoms with E-state index in [-0.39, 0.29) is 21.2 Å². The Kier molecular flexibility index (Phi) is 2.09. The average Bonchev–Trinajstić information content (AvgIpc) is 2.64. The van der Waals surface area contributed by atoms with Crippen LogP contribution in [0.1, 0.15) is 11.1 Å². The van der Waals surface area contributed by atoms with Crippen LogP contribution in [0.25, 0.3) is 11.1 Å². The van der Waals surface area contributed by atoms with Crippen molar-refractivity contribution in [2.75, 3.05) is 0 Å². The molecule has 1 aliphatic rings. The van der Waals surface area contributed by atoms with Crippen LogP contribution >= 0.6 is 0 Å². The van der Waals surface area contributed by atoms with Crippen molar-refractivity contribution in [3.63, 3.8) is 0 Å². The number of hydrogen-bond acceptors (Lipinski definition) is 0. The first-order chi connectivity index (χ1) is 7.27. The fourth-order valence-electron chi connectivity index (χ4n) is 2.08. The molecular formula is C14H12I+. The summed E-state index contributed by atoms with van der Waals surface area (Å²) in [5.74, 6) is 0. The normalized spacial score (nSPS) is 12.4. The maximum Gasteiger partial charge on any atom is 0.359 e. The Labute approximate surface area is 101 Å². The Morgan fingerprint density at radius 3 is 2.47 bits per heavy atom. The van der Waals surface area contributed by atoms with E-state index in [9.17, 15) is 0 Å². The molecule has 1 aliphatic heterocycles. The Hall–Kier alpha value is -0.830. The summed E-state index contributed by atoms with van der Waals surface area (Å²) in [6.45, 7) is 4.47. The van der Waals surface area contributed by atoms with E-state index >= 15 is 0 Å². The molecule has 74 valence electrons. The highest BCUT2D eigenvalue weighted by Crippen LogP contribution is 2.27. The molecule has 0 aromatic heterocycles. The Morgan fingerprint density at radius 2 is 1.60 bits per heavy atom. The minimum atomic E-state index is 0.0643. The van der Waals surface area contributed by atoms with Gasteiger partial charge in [-0.2, -0.15) is 0 Å². The van der Waals surface area contributed by atoms with Crippen LogP contribution in [-0.2, 0) is 0 Å². The number of hydrogen-bond donors (Lipinski definition) is 0. The molecule has 0 fully saturated rings. The van der Waals surface area contributed by atoms with Crippen molar-refractivity contribution in [1.82, 2.24) is 0 Å². The summed E-state index contributed by atoms with van der Waals surface area (Å²) in [6.07, 6.45) is 0. The van der Waals surface area contributed by atoms with Gasteiger partial charge in [-0.05, 0) is 31.5 Å². The molecule has 1 heterocycles. The average molecular weight is 307 g/mol. The zero-order valence-corrected chi connectivity index (χ0v) is 11.0. The van der Waals surface area contributed by atoms with Crippen molar-refractivity contribution in [2.45, 2.75) is 13.8 Å². The zero-order valence-electron chi connectivity index (χ0n) is 8.84. The maximum absolute atomic E-state index is 2.29. The van der Waals surface area contributed by atoms with Gasteiger partial charge < -0.3 is 0 Å². The first-order valence-corrected chi connectivity index (χ1v) is 7.27. The van der Waals surface area contributed by atoms with E-state index in [1.54, 1.807) is 7.14 Å². The van der Waals surface area contributed by atoms with Gasteiger partial charge in [-0.1, -0.05) is 24.3 Å². The predicted molar refractivity (Wildman–Crippen MR) is 58.7 cm³/mol. The Morgan fingerprint density at radius 1 is 0.867 bits per heavy atom. The quantitative estimate of drug-likeness (QED) is 0.528. The molecule has 2 aromatic rings. The molecule has 0 saturated carbocycles. The van der Waals surface area contributed by atoms with Crippen LogP contribution < -0.4 is 21.2 Å². The number of benzene rings is 2. The molecule has 0 unspecified atom stereocenters. The summed E-state index contributed by atoms with van der Waals surface area (Å²) in [5.41, 5.74) is 5.92. The highest BCUT2D eigenvalue weighted by Gasteiger charge is 2.35. The molecule has 3 rings (SSSR count). The van der Waals surface area contributed by atoms with Gasteiger partial charge in [-0.3, -0.25) is 0 Å². The third-order valence-electron chi connectivity index (χ3n) is 2.88.